The Morgan fingerprint density at radius 2 is 1.52 bits per heavy atom. The van der Waals surface area contributed by atoms with E-state index in [1.54, 1.807) is 0 Å². The van der Waals surface area contributed by atoms with Crippen molar-refractivity contribution >= 4 is 0 Å². The van der Waals surface area contributed by atoms with Gasteiger partial charge in [0, 0.05) is 0 Å². The van der Waals surface area contributed by atoms with E-state index < -0.39 is 37.3 Å². The minimum atomic E-state index is -1.44. The molecular weight excluding hydrogens is 324 g/mol. The highest BCUT2D eigenvalue weighted by Gasteiger charge is 2.44. The Morgan fingerprint density at radius 1 is 0.840 bits per heavy atom. The highest BCUT2D eigenvalue weighted by Crippen LogP contribution is 2.27. The van der Waals surface area contributed by atoms with Crippen LogP contribution in [0.15, 0.2) is 54.6 Å². The standard InChI is InChI=1S/C19H22O6/c20-10-15-16(21)17(22)18(23)19(25-15)24-11-13-8-4-5-9-14(13)12-6-2-1-3-7-12/h1-9,15-23H,10-11H2/t15-,16-,17+,18-,19-/m1/s1. The fourth-order valence-corrected chi connectivity index (χ4v) is 2.92. The Bertz CT molecular complexity index is 675. The summed E-state index contributed by atoms with van der Waals surface area (Å²) in [5, 5.41) is 38.9. The predicted molar refractivity (Wildman–Crippen MR) is 90.4 cm³/mol. The fourth-order valence-electron chi connectivity index (χ4n) is 2.92. The zero-order chi connectivity index (χ0) is 17.8. The lowest BCUT2D eigenvalue weighted by atomic mass is 9.99. The molecule has 1 heterocycles. The number of benzene rings is 2. The van der Waals surface area contributed by atoms with Crippen LogP contribution in [0.2, 0.25) is 0 Å². The summed E-state index contributed by atoms with van der Waals surface area (Å²) >= 11 is 0. The van der Waals surface area contributed by atoms with Crippen molar-refractivity contribution in [2.24, 2.45) is 0 Å². The molecule has 1 saturated heterocycles. The zero-order valence-electron chi connectivity index (χ0n) is 13.6. The first-order valence-corrected chi connectivity index (χ1v) is 8.17. The quantitative estimate of drug-likeness (QED) is 0.635. The molecule has 1 aliphatic rings. The van der Waals surface area contributed by atoms with Crippen molar-refractivity contribution in [3.63, 3.8) is 0 Å². The van der Waals surface area contributed by atoms with E-state index in [2.05, 4.69) is 0 Å². The summed E-state index contributed by atoms with van der Waals surface area (Å²) in [5.41, 5.74) is 2.92. The lowest BCUT2D eigenvalue weighted by molar-refractivity contribution is -0.304. The van der Waals surface area contributed by atoms with E-state index in [9.17, 15) is 20.4 Å². The summed E-state index contributed by atoms with van der Waals surface area (Å²) < 4.78 is 11.0. The van der Waals surface area contributed by atoms with E-state index >= 15 is 0 Å². The maximum Gasteiger partial charge on any atom is 0.187 e. The zero-order valence-corrected chi connectivity index (χ0v) is 13.6. The Hall–Kier alpha value is -1.80. The van der Waals surface area contributed by atoms with Gasteiger partial charge in [-0.25, -0.2) is 0 Å². The van der Waals surface area contributed by atoms with Crippen LogP contribution in [-0.4, -0.2) is 57.7 Å². The number of aliphatic hydroxyl groups excluding tert-OH is 4. The van der Waals surface area contributed by atoms with Gasteiger partial charge >= 0.3 is 0 Å². The van der Waals surface area contributed by atoms with E-state index in [-0.39, 0.29) is 6.61 Å². The van der Waals surface area contributed by atoms with Gasteiger partial charge in [-0.3, -0.25) is 0 Å². The van der Waals surface area contributed by atoms with Crippen molar-refractivity contribution in [2.45, 2.75) is 37.3 Å². The molecule has 134 valence electrons. The third-order valence-corrected chi connectivity index (χ3v) is 4.35. The van der Waals surface area contributed by atoms with Crippen molar-refractivity contribution in [1.82, 2.24) is 0 Å². The van der Waals surface area contributed by atoms with Gasteiger partial charge < -0.3 is 29.9 Å². The second-order valence-electron chi connectivity index (χ2n) is 6.03. The van der Waals surface area contributed by atoms with E-state index in [1.165, 1.54) is 0 Å². The monoisotopic (exact) mass is 346 g/mol. The Balaban J connectivity index is 1.74. The maximum atomic E-state index is 10.0. The smallest absolute Gasteiger partial charge is 0.187 e. The number of rotatable bonds is 5. The van der Waals surface area contributed by atoms with Crippen LogP contribution < -0.4 is 0 Å². The molecule has 0 unspecified atom stereocenters. The van der Waals surface area contributed by atoms with Crippen LogP contribution in [0, 0.1) is 0 Å². The van der Waals surface area contributed by atoms with E-state index in [4.69, 9.17) is 9.47 Å². The molecule has 4 N–H and O–H groups in total. The molecule has 0 amide bonds. The van der Waals surface area contributed by atoms with Gasteiger partial charge in [0.2, 0.25) is 0 Å². The molecule has 2 aromatic rings. The predicted octanol–water partition coefficient (Wildman–Crippen LogP) is 0.670. The normalized spacial score (nSPS) is 29.5. The van der Waals surface area contributed by atoms with Crippen molar-refractivity contribution in [1.29, 1.82) is 0 Å². The summed E-state index contributed by atoms with van der Waals surface area (Å²) in [4.78, 5) is 0. The molecule has 0 spiro atoms. The molecule has 0 aliphatic carbocycles. The van der Waals surface area contributed by atoms with Gasteiger partial charge in [0.25, 0.3) is 0 Å². The van der Waals surface area contributed by atoms with E-state index in [0.29, 0.717) is 0 Å². The lowest BCUT2D eigenvalue weighted by Gasteiger charge is -2.39. The fraction of sp³-hybridized carbons (Fsp3) is 0.368. The van der Waals surface area contributed by atoms with Gasteiger partial charge in [0.1, 0.15) is 24.4 Å². The molecule has 0 radical (unpaired) electrons. The van der Waals surface area contributed by atoms with Crippen LogP contribution in [0.3, 0.4) is 0 Å². The molecule has 0 aromatic heterocycles. The molecule has 3 rings (SSSR count). The maximum absolute atomic E-state index is 10.0. The highest BCUT2D eigenvalue weighted by molar-refractivity contribution is 5.67. The molecular formula is C19H22O6. The van der Waals surface area contributed by atoms with Crippen LogP contribution in [-0.2, 0) is 16.1 Å². The van der Waals surface area contributed by atoms with Crippen LogP contribution >= 0.6 is 0 Å². The third kappa shape index (κ3) is 3.90. The first-order chi connectivity index (χ1) is 12.1. The summed E-state index contributed by atoms with van der Waals surface area (Å²) in [6, 6.07) is 17.5. The van der Waals surface area contributed by atoms with Gasteiger partial charge in [-0.05, 0) is 16.7 Å². The second kappa shape index (κ2) is 8.05. The first kappa shape index (κ1) is 18.0. The second-order valence-corrected chi connectivity index (χ2v) is 6.03. The summed E-state index contributed by atoms with van der Waals surface area (Å²) in [5.74, 6) is 0. The van der Waals surface area contributed by atoms with Crippen molar-refractivity contribution in [2.75, 3.05) is 6.61 Å². The molecule has 0 saturated carbocycles. The molecule has 1 aliphatic heterocycles. The largest absolute Gasteiger partial charge is 0.394 e. The minimum Gasteiger partial charge on any atom is -0.394 e. The summed E-state index contributed by atoms with van der Waals surface area (Å²) in [6.45, 7) is -0.334. The molecule has 6 heteroatoms. The number of hydrogen-bond donors (Lipinski definition) is 4. The number of ether oxygens (including phenoxy) is 2. The summed E-state index contributed by atoms with van der Waals surface area (Å²) in [6.07, 6.45) is -6.36. The average Bonchev–Trinajstić information content (AvgIpc) is 2.66. The molecule has 0 bridgehead atoms. The van der Waals surface area contributed by atoms with Gasteiger partial charge in [-0.15, -0.1) is 0 Å². The van der Waals surface area contributed by atoms with Crippen LogP contribution in [0.5, 0.6) is 0 Å². The average molecular weight is 346 g/mol. The first-order valence-electron chi connectivity index (χ1n) is 8.17. The highest BCUT2D eigenvalue weighted by atomic mass is 16.7. The van der Waals surface area contributed by atoms with Crippen molar-refractivity contribution in [3.8, 4) is 11.1 Å². The van der Waals surface area contributed by atoms with Crippen LogP contribution in [0.4, 0.5) is 0 Å². The van der Waals surface area contributed by atoms with Gasteiger partial charge in [-0.1, -0.05) is 54.6 Å². The van der Waals surface area contributed by atoms with Crippen molar-refractivity contribution in [3.05, 3.63) is 60.2 Å². The lowest BCUT2D eigenvalue weighted by Crippen LogP contribution is -2.59. The molecule has 5 atom stereocenters. The Labute approximate surface area is 145 Å². The Morgan fingerprint density at radius 3 is 2.24 bits per heavy atom. The van der Waals surface area contributed by atoms with Gasteiger partial charge in [-0.2, -0.15) is 0 Å². The van der Waals surface area contributed by atoms with Gasteiger partial charge in [0.05, 0.1) is 13.2 Å². The molecule has 2 aromatic carbocycles. The molecule has 1 fully saturated rings. The number of aliphatic hydroxyl groups is 4. The summed E-state index contributed by atoms with van der Waals surface area (Å²) in [7, 11) is 0. The van der Waals surface area contributed by atoms with Gasteiger partial charge in [0.15, 0.2) is 6.29 Å². The topological polar surface area (TPSA) is 99.4 Å². The minimum absolute atomic E-state index is 0.147. The van der Waals surface area contributed by atoms with E-state index in [0.717, 1.165) is 16.7 Å². The molecule has 6 nitrogen and oxygen atoms in total. The molecule has 25 heavy (non-hydrogen) atoms. The van der Waals surface area contributed by atoms with E-state index in [1.807, 2.05) is 54.6 Å². The van der Waals surface area contributed by atoms with Crippen LogP contribution in [0.25, 0.3) is 11.1 Å². The van der Waals surface area contributed by atoms with Crippen molar-refractivity contribution < 1.29 is 29.9 Å². The Kier molecular flexibility index (Phi) is 5.80. The van der Waals surface area contributed by atoms with Crippen LogP contribution in [0.1, 0.15) is 5.56 Å². The number of hydrogen-bond acceptors (Lipinski definition) is 6. The third-order valence-electron chi connectivity index (χ3n) is 4.35. The SMILES string of the molecule is OC[C@H]1O[C@@H](OCc2ccccc2-c2ccccc2)[C@H](O)[C@@H](O)[C@@H]1O.